The van der Waals surface area contributed by atoms with Crippen molar-refractivity contribution in [3.8, 4) is 22.6 Å². The molecule has 0 aromatic heterocycles. The maximum absolute atomic E-state index is 9.45. The van der Waals surface area contributed by atoms with Gasteiger partial charge in [-0.15, -0.1) is 0 Å². The first kappa shape index (κ1) is 10.6. The van der Waals surface area contributed by atoms with Crippen LogP contribution in [0.3, 0.4) is 0 Å². The van der Waals surface area contributed by atoms with Crippen LogP contribution in [0.25, 0.3) is 11.1 Å². The Bertz CT molecular complexity index is 510. The molecule has 0 aliphatic rings. The monoisotopic (exact) mass is 214 g/mol. The van der Waals surface area contributed by atoms with Crippen LogP contribution in [0.2, 0.25) is 0 Å². The molecule has 0 spiro atoms. The van der Waals surface area contributed by atoms with E-state index in [1.54, 1.807) is 12.1 Å². The Morgan fingerprint density at radius 1 is 0.688 bits per heavy atom. The summed E-state index contributed by atoms with van der Waals surface area (Å²) in [4.78, 5) is 0. The van der Waals surface area contributed by atoms with Crippen molar-refractivity contribution in [2.24, 2.45) is 0 Å². The summed E-state index contributed by atoms with van der Waals surface area (Å²) in [6.45, 7) is 4.08. The lowest BCUT2D eigenvalue weighted by molar-refractivity contribution is 0.404. The summed E-state index contributed by atoms with van der Waals surface area (Å²) in [5.74, 6) is -0.176. The van der Waals surface area contributed by atoms with Crippen LogP contribution in [-0.4, -0.2) is 10.2 Å². The van der Waals surface area contributed by atoms with Gasteiger partial charge in [0.05, 0.1) is 0 Å². The topological polar surface area (TPSA) is 40.5 Å². The summed E-state index contributed by atoms with van der Waals surface area (Å²) in [7, 11) is 0. The minimum Gasteiger partial charge on any atom is -0.504 e. The third-order valence-corrected chi connectivity index (χ3v) is 2.53. The summed E-state index contributed by atoms with van der Waals surface area (Å²) in [6, 6.07) is 11.1. The average Bonchev–Trinajstić information content (AvgIpc) is 2.20. The molecule has 0 bridgehead atoms. The van der Waals surface area contributed by atoms with Gasteiger partial charge in [0.1, 0.15) is 0 Å². The summed E-state index contributed by atoms with van der Waals surface area (Å²) < 4.78 is 0. The van der Waals surface area contributed by atoms with Crippen LogP contribution in [0.5, 0.6) is 11.5 Å². The number of aromatic hydroxyl groups is 2. The minimum absolute atomic E-state index is 0.0864. The lowest BCUT2D eigenvalue weighted by Crippen LogP contribution is -1.82. The fraction of sp³-hybridized carbons (Fsp3) is 0.143. The van der Waals surface area contributed by atoms with Gasteiger partial charge in [0.25, 0.3) is 0 Å². The van der Waals surface area contributed by atoms with Crippen molar-refractivity contribution in [3.63, 3.8) is 0 Å². The van der Waals surface area contributed by atoms with E-state index in [2.05, 4.69) is 18.2 Å². The van der Waals surface area contributed by atoms with Crippen LogP contribution in [0.15, 0.2) is 36.4 Å². The van der Waals surface area contributed by atoms with Gasteiger partial charge in [0, 0.05) is 0 Å². The summed E-state index contributed by atoms with van der Waals surface area (Å²) in [6.07, 6.45) is 0. The van der Waals surface area contributed by atoms with Gasteiger partial charge in [-0.3, -0.25) is 0 Å². The minimum atomic E-state index is -0.0897. The molecule has 0 aliphatic heterocycles. The Balaban J connectivity index is 2.54. The molecule has 0 unspecified atom stereocenters. The standard InChI is InChI=1S/C14H14O2/c1-9-5-10(2)7-12(6-9)11-3-4-13(15)14(16)8-11/h3-8,15-16H,1-2H3. The van der Waals surface area contributed by atoms with Crippen LogP contribution >= 0.6 is 0 Å². The molecule has 16 heavy (non-hydrogen) atoms. The van der Waals surface area contributed by atoms with Crippen molar-refractivity contribution in [2.75, 3.05) is 0 Å². The summed E-state index contributed by atoms with van der Waals surface area (Å²) in [5, 5.41) is 18.7. The first-order valence-corrected chi connectivity index (χ1v) is 5.17. The number of rotatable bonds is 1. The normalized spacial score (nSPS) is 10.4. The zero-order valence-electron chi connectivity index (χ0n) is 9.36. The van der Waals surface area contributed by atoms with Crippen LogP contribution in [0.1, 0.15) is 11.1 Å². The molecule has 0 aliphatic carbocycles. The van der Waals surface area contributed by atoms with Crippen LogP contribution in [-0.2, 0) is 0 Å². The molecule has 0 heterocycles. The van der Waals surface area contributed by atoms with Gasteiger partial charge in [-0.1, -0.05) is 35.4 Å². The van der Waals surface area contributed by atoms with E-state index in [1.165, 1.54) is 17.2 Å². The highest BCUT2D eigenvalue weighted by Crippen LogP contribution is 2.31. The first-order valence-electron chi connectivity index (χ1n) is 5.17. The van der Waals surface area contributed by atoms with Gasteiger partial charge >= 0.3 is 0 Å². The van der Waals surface area contributed by atoms with Crippen LogP contribution in [0.4, 0.5) is 0 Å². The number of benzene rings is 2. The van der Waals surface area contributed by atoms with Gasteiger partial charge in [-0.05, 0) is 37.1 Å². The van der Waals surface area contributed by atoms with Crippen molar-refractivity contribution < 1.29 is 10.2 Å². The lowest BCUT2D eigenvalue weighted by Gasteiger charge is -2.06. The molecule has 2 N–H and O–H groups in total. The Kier molecular flexibility index (Phi) is 2.57. The number of aryl methyl sites for hydroxylation is 2. The number of hydrogen-bond acceptors (Lipinski definition) is 2. The summed E-state index contributed by atoms with van der Waals surface area (Å²) in [5.41, 5.74) is 4.32. The molecule has 2 rings (SSSR count). The SMILES string of the molecule is Cc1cc(C)cc(-c2ccc(O)c(O)c2)c1. The fourth-order valence-electron chi connectivity index (χ4n) is 1.84. The molecular formula is C14H14O2. The molecule has 0 amide bonds. The molecule has 0 saturated carbocycles. The second-order valence-corrected chi connectivity index (χ2v) is 4.08. The molecule has 0 saturated heterocycles. The van der Waals surface area contributed by atoms with Gasteiger partial charge in [0.2, 0.25) is 0 Å². The molecule has 2 heteroatoms. The maximum Gasteiger partial charge on any atom is 0.158 e. The highest BCUT2D eigenvalue weighted by Gasteiger charge is 2.03. The van der Waals surface area contributed by atoms with Crippen molar-refractivity contribution in [2.45, 2.75) is 13.8 Å². The molecule has 82 valence electrons. The van der Waals surface area contributed by atoms with Crippen molar-refractivity contribution in [1.29, 1.82) is 0 Å². The Morgan fingerprint density at radius 2 is 1.31 bits per heavy atom. The second kappa shape index (κ2) is 3.89. The smallest absolute Gasteiger partial charge is 0.158 e. The summed E-state index contributed by atoms with van der Waals surface area (Å²) >= 11 is 0. The quantitative estimate of drug-likeness (QED) is 0.714. The molecule has 0 radical (unpaired) electrons. The Hall–Kier alpha value is -1.96. The van der Waals surface area contributed by atoms with Crippen molar-refractivity contribution in [1.82, 2.24) is 0 Å². The van der Waals surface area contributed by atoms with Crippen LogP contribution < -0.4 is 0 Å². The fourth-order valence-corrected chi connectivity index (χ4v) is 1.84. The predicted molar refractivity (Wildman–Crippen MR) is 64.7 cm³/mol. The van der Waals surface area contributed by atoms with Crippen molar-refractivity contribution >= 4 is 0 Å². The van der Waals surface area contributed by atoms with Crippen LogP contribution in [0, 0.1) is 13.8 Å². The number of hydrogen-bond donors (Lipinski definition) is 2. The lowest BCUT2D eigenvalue weighted by atomic mass is 10.0. The van der Waals surface area contributed by atoms with E-state index in [0.29, 0.717) is 0 Å². The van der Waals surface area contributed by atoms with E-state index in [-0.39, 0.29) is 11.5 Å². The van der Waals surface area contributed by atoms with Crippen molar-refractivity contribution in [3.05, 3.63) is 47.5 Å². The molecular weight excluding hydrogens is 200 g/mol. The number of phenols is 2. The van der Waals surface area contributed by atoms with Gasteiger partial charge in [-0.2, -0.15) is 0 Å². The highest BCUT2D eigenvalue weighted by molar-refractivity contribution is 5.68. The van der Waals surface area contributed by atoms with E-state index in [0.717, 1.165) is 11.1 Å². The van der Waals surface area contributed by atoms with E-state index in [9.17, 15) is 10.2 Å². The molecule has 2 aromatic carbocycles. The molecule has 0 atom stereocenters. The van der Waals surface area contributed by atoms with Gasteiger partial charge in [0.15, 0.2) is 11.5 Å². The third-order valence-electron chi connectivity index (χ3n) is 2.53. The highest BCUT2D eigenvalue weighted by atomic mass is 16.3. The first-order chi connectivity index (χ1) is 7.56. The Labute approximate surface area is 94.8 Å². The molecule has 2 nitrogen and oxygen atoms in total. The Morgan fingerprint density at radius 3 is 1.88 bits per heavy atom. The zero-order valence-corrected chi connectivity index (χ0v) is 9.36. The van der Waals surface area contributed by atoms with E-state index in [1.807, 2.05) is 13.8 Å². The molecule has 0 fully saturated rings. The third kappa shape index (κ3) is 2.01. The maximum atomic E-state index is 9.45. The molecule has 2 aromatic rings. The second-order valence-electron chi connectivity index (χ2n) is 4.08. The van der Waals surface area contributed by atoms with E-state index >= 15 is 0 Å². The van der Waals surface area contributed by atoms with E-state index < -0.39 is 0 Å². The number of phenolic OH excluding ortho intramolecular Hbond substituents is 2. The van der Waals surface area contributed by atoms with Gasteiger partial charge in [-0.25, -0.2) is 0 Å². The average molecular weight is 214 g/mol. The zero-order chi connectivity index (χ0) is 11.7. The van der Waals surface area contributed by atoms with Gasteiger partial charge < -0.3 is 10.2 Å². The predicted octanol–water partition coefficient (Wildman–Crippen LogP) is 3.38. The largest absolute Gasteiger partial charge is 0.504 e. The van der Waals surface area contributed by atoms with E-state index in [4.69, 9.17) is 0 Å².